The van der Waals surface area contributed by atoms with Crippen molar-refractivity contribution in [3.8, 4) is 10.4 Å². The van der Waals surface area contributed by atoms with E-state index >= 15 is 0 Å². The van der Waals surface area contributed by atoms with Crippen molar-refractivity contribution < 1.29 is 32.4 Å². The van der Waals surface area contributed by atoms with Gasteiger partial charge in [0.05, 0.1) is 12.2 Å². The molecule has 0 bridgehead atoms. The van der Waals surface area contributed by atoms with E-state index in [1.54, 1.807) is 28.0 Å². The molecule has 4 heterocycles. The number of ether oxygens (including phenoxy) is 1. The predicted molar refractivity (Wildman–Crippen MR) is 164 cm³/mol. The number of sulfone groups is 1. The van der Waals surface area contributed by atoms with E-state index in [0.717, 1.165) is 23.3 Å². The third kappa shape index (κ3) is 7.25. The van der Waals surface area contributed by atoms with E-state index in [4.69, 9.17) is 21.2 Å². The van der Waals surface area contributed by atoms with E-state index in [-0.39, 0.29) is 49.4 Å². The number of hydrogen-bond acceptors (Lipinski definition) is 8. The van der Waals surface area contributed by atoms with Crippen LogP contribution in [0.15, 0.2) is 36.4 Å². The van der Waals surface area contributed by atoms with Gasteiger partial charge in [-0.05, 0) is 61.9 Å². The molecule has 3 saturated heterocycles. The Morgan fingerprint density at radius 1 is 1.02 bits per heavy atom. The summed E-state index contributed by atoms with van der Waals surface area (Å²) in [6, 6.07) is 10.9. The lowest BCUT2D eigenvalue weighted by Crippen LogP contribution is -2.44. The van der Waals surface area contributed by atoms with Crippen LogP contribution in [-0.4, -0.2) is 80.8 Å². The molecule has 5 rings (SSSR count). The van der Waals surface area contributed by atoms with Crippen LogP contribution in [0.4, 0.5) is 0 Å². The molecule has 1 aromatic heterocycles. The number of benzene rings is 1. The van der Waals surface area contributed by atoms with E-state index in [2.05, 4.69) is 5.48 Å². The summed E-state index contributed by atoms with van der Waals surface area (Å²) in [4.78, 5) is 48.9. The Hall–Kier alpha value is -2.51. The van der Waals surface area contributed by atoms with E-state index in [1.807, 2.05) is 18.2 Å². The molecular formula is C30H38ClN3O7S2. The molecule has 1 aromatic carbocycles. The predicted octanol–water partition coefficient (Wildman–Crippen LogP) is 4.13. The van der Waals surface area contributed by atoms with E-state index in [9.17, 15) is 22.8 Å². The van der Waals surface area contributed by atoms with E-state index in [1.165, 1.54) is 18.3 Å². The van der Waals surface area contributed by atoms with Gasteiger partial charge in [0.15, 0.2) is 16.1 Å². The Morgan fingerprint density at radius 2 is 1.77 bits per heavy atom. The molecule has 43 heavy (non-hydrogen) atoms. The highest BCUT2D eigenvalue weighted by Gasteiger charge is 2.50. The van der Waals surface area contributed by atoms with Crippen LogP contribution in [0.5, 0.6) is 0 Å². The van der Waals surface area contributed by atoms with E-state index < -0.39 is 26.8 Å². The quantitative estimate of drug-likeness (QED) is 0.447. The normalized spacial score (nSPS) is 24.7. The largest absolute Gasteiger partial charge is 0.350 e. The smallest absolute Gasteiger partial charge is 0.245 e. The van der Waals surface area contributed by atoms with Gasteiger partial charge in [0.25, 0.3) is 0 Å². The number of carbonyl (C=O) groups excluding carboxylic acids is 3. The summed E-state index contributed by atoms with van der Waals surface area (Å²) in [6.07, 6.45) is 2.73. The molecule has 13 heteroatoms. The van der Waals surface area contributed by atoms with Gasteiger partial charge in [-0.2, -0.15) is 0 Å². The summed E-state index contributed by atoms with van der Waals surface area (Å²) in [5.74, 6) is -1.20. The second-order valence-corrected chi connectivity index (χ2v) is 15.4. The highest BCUT2D eigenvalue weighted by Crippen LogP contribution is 2.45. The maximum Gasteiger partial charge on any atom is 0.245 e. The van der Waals surface area contributed by atoms with Crippen LogP contribution in [-0.2, 0) is 38.5 Å². The molecule has 10 nitrogen and oxygen atoms in total. The van der Waals surface area contributed by atoms with Crippen molar-refractivity contribution in [2.45, 2.75) is 62.9 Å². The van der Waals surface area contributed by atoms with Crippen LogP contribution in [0.3, 0.4) is 0 Å². The number of nitrogens with one attached hydrogen (secondary N) is 1. The van der Waals surface area contributed by atoms with Gasteiger partial charge in [0, 0.05) is 66.8 Å². The molecule has 0 radical (unpaired) electrons. The van der Waals surface area contributed by atoms with Gasteiger partial charge >= 0.3 is 0 Å². The molecule has 2 aromatic rings. The standard InChI is InChI=1S/C30H38ClN3O7S2/c1-21(35)33-14-11-23(12-15-33)29(37)34-16-13-30(43(38,39)19-17-34,20-27(36)32-41-28-4-2-3-18-40-28)26-10-9-25(42-26)22-5-7-24(31)8-6-22/h5-10,23,28H,2-4,11-20H2,1H3,(H,32,36)/t28?,30-/m0/s1. The molecule has 0 spiro atoms. The van der Waals surface area contributed by atoms with Gasteiger partial charge in [0.1, 0.15) is 4.75 Å². The summed E-state index contributed by atoms with van der Waals surface area (Å²) in [5.41, 5.74) is 3.33. The molecule has 234 valence electrons. The van der Waals surface area contributed by atoms with Crippen LogP contribution >= 0.6 is 22.9 Å². The van der Waals surface area contributed by atoms with Crippen LogP contribution in [0.1, 0.15) is 56.7 Å². The minimum Gasteiger partial charge on any atom is -0.350 e. The fourth-order valence-corrected chi connectivity index (χ4v) is 9.81. The third-order valence-corrected chi connectivity index (χ3v) is 12.9. The molecule has 3 aliphatic rings. The fraction of sp³-hybridized carbons (Fsp3) is 0.567. The van der Waals surface area contributed by atoms with Crippen molar-refractivity contribution in [3.63, 3.8) is 0 Å². The zero-order valence-electron chi connectivity index (χ0n) is 24.3. The molecule has 2 atom stereocenters. The fourth-order valence-electron chi connectivity index (χ4n) is 6.07. The first kappa shape index (κ1) is 31.9. The number of hydrogen-bond donors (Lipinski definition) is 1. The number of likely N-dealkylation sites (tertiary alicyclic amines) is 1. The molecule has 3 fully saturated rings. The Bertz CT molecular complexity index is 1420. The lowest BCUT2D eigenvalue weighted by molar-refractivity contribution is -0.200. The second kappa shape index (κ2) is 13.6. The maximum atomic E-state index is 14.2. The van der Waals surface area contributed by atoms with Crippen molar-refractivity contribution in [2.75, 3.05) is 38.5 Å². The zero-order chi connectivity index (χ0) is 30.6. The molecule has 1 N–H and O–H groups in total. The zero-order valence-corrected chi connectivity index (χ0v) is 26.6. The Kier molecular flexibility index (Phi) is 10.1. The van der Waals surface area contributed by atoms with Crippen molar-refractivity contribution >= 4 is 50.5 Å². The summed E-state index contributed by atoms with van der Waals surface area (Å²) < 4.78 is 32.4. The molecule has 0 aliphatic carbocycles. The average Bonchev–Trinajstić information content (AvgIpc) is 3.46. The number of piperidine rings is 1. The minimum absolute atomic E-state index is 0.0113. The van der Waals surface area contributed by atoms with E-state index in [0.29, 0.717) is 48.9 Å². The number of thiophene rings is 1. The lowest BCUT2D eigenvalue weighted by Gasteiger charge is -2.34. The summed E-state index contributed by atoms with van der Waals surface area (Å²) in [7, 11) is -3.91. The van der Waals surface area contributed by atoms with Crippen LogP contribution in [0.2, 0.25) is 5.02 Å². The molecular weight excluding hydrogens is 614 g/mol. The first-order valence-corrected chi connectivity index (χ1v) is 17.6. The van der Waals surface area contributed by atoms with Gasteiger partial charge in [-0.3, -0.25) is 14.4 Å². The summed E-state index contributed by atoms with van der Waals surface area (Å²) in [6.45, 7) is 3.33. The average molecular weight is 652 g/mol. The first-order valence-electron chi connectivity index (χ1n) is 14.8. The molecule has 3 amide bonds. The van der Waals surface area contributed by atoms with Gasteiger partial charge < -0.3 is 14.5 Å². The molecule has 0 saturated carbocycles. The van der Waals surface area contributed by atoms with Gasteiger partial charge in [0.2, 0.25) is 17.7 Å². The number of hydroxylamine groups is 1. The second-order valence-electron chi connectivity index (χ2n) is 11.5. The topological polar surface area (TPSA) is 122 Å². The molecule has 3 aliphatic heterocycles. The van der Waals surface area contributed by atoms with Crippen LogP contribution < -0.4 is 5.48 Å². The number of nitrogens with zero attached hydrogens (tertiary/aromatic N) is 2. The highest BCUT2D eigenvalue weighted by atomic mass is 35.5. The summed E-state index contributed by atoms with van der Waals surface area (Å²) >= 11 is 7.40. The molecule has 1 unspecified atom stereocenters. The van der Waals surface area contributed by atoms with Crippen molar-refractivity contribution in [1.82, 2.24) is 15.3 Å². The van der Waals surface area contributed by atoms with Crippen LogP contribution in [0, 0.1) is 5.92 Å². The maximum absolute atomic E-state index is 14.2. The summed E-state index contributed by atoms with van der Waals surface area (Å²) in [5, 5.41) is 0.596. The number of rotatable bonds is 7. The third-order valence-electron chi connectivity index (χ3n) is 8.68. The van der Waals surface area contributed by atoms with Crippen molar-refractivity contribution in [2.24, 2.45) is 5.92 Å². The van der Waals surface area contributed by atoms with Gasteiger partial charge in [-0.15, -0.1) is 11.3 Å². The number of carbonyl (C=O) groups is 3. The van der Waals surface area contributed by atoms with Crippen molar-refractivity contribution in [1.29, 1.82) is 0 Å². The minimum atomic E-state index is -3.91. The van der Waals surface area contributed by atoms with Gasteiger partial charge in [-0.1, -0.05) is 23.7 Å². The highest BCUT2D eigenvalue weighted by molar-refractivity contribution is 7.92. The monoisotopic (exact) mass is 651 g/mol. The van der Waals surface area contributed by atoms with Crippen LogP contribution in [0.25, 0.3) is 10.4 Å². The number of halogens is 1. The SMILES string of the molecule is CC(=O)N1CCC(C(=O)N2CC[C@](CC(=O)NOC3CCCCO3)(c3ccc(-c4ccc(Cl)cc4)s3)S(=O)(=O)CC2)CC1. The van der Waals surface area contributed by atoms with Gasteiger partial charge in [-0.25, -0.2) is 18.7 Å². The number of amides is 3. The Labute approximate surface area is 261 Å². The Balaban J connectivity index is 1.39. The first-order chi connectivity index (χ1) is 20.6. The van der Waals surface area contributed by atoms with Crippen molar-refractivity contribution in [3.05, 3.63) is 46.3 Å². The lowest BCUT2D eigenvalue weighted by atomic mass is 9.94. The Morgan fingerprint density at radius 3 is 2.44 bits per heavy atom.